The molecule has 1 heterocycles. The largest absolute Gasteiger partial charge is 0.422 e. The molecule has 0 atom stereocenters. The summed E-state index contributed by atoms with van der Waals surface area (Å²) in [6.07, 6.45) is 0. The van der Waals surface area contributed by atoms with Crippen LogP contribution in [0.2, 0.25) is 0 Å². The summed E-state index contributed by atoms with van der Waals surface area (Å²) in [6, 6.07) is 14.0. The first-order chi connectivity index (χ1) is 10.8. The fraction of sp³-hybridized carbons (Fsp3) is 0.0667. The molecular weight excluding hydrogens is 282 g/mol. The Morgan fingerprint density at radius 2 is 1.91 bits per heavy atom. The summed E-state index contributed by atoms with van der Waals surface area (Å²) in [5.41, 5.74) is 7.51. The number of rotatable bonds is 4. The third-order valence-electron chi connectivity index (χ3n) is 3.10. The second kappa shape index (κ2) is 6.15. The number of aromatic nitrogens is 4. The number of nitrogens with two attached hydrogens (primary N) is 1. The van der Waals surface area contributed by atoms with Crippen LogP contribution in [0, 0.1) is 0 Å². The van der Waals surface area contributed by atoms with Gasteiger partial charge in [-0.1, -0.05) is 24.3 Å². The number of aromatic amines is 1. The Hall–Kier alpha value is -3.06. The van der Waals surface area contributed by atoms with Crippen molar-refractivity contribution in [2.24, 2.45) is 5.73 Å². The first-order valence-electron chi connectivity index (χ1n) is 6.62. The molecule has 0 fully saturated rings. The number of carbonyl (C=O) groups is 1. The average molecular weight is 295 g/mol. The maximum absolute atomic E-state index is 12.2. The molecule has 7 nitrogen and oxygen atoms in total. The van der Waals surface area contributed by atoms with Crippen molar-refractivity contribution in [3.8, 4) is 17.1 Å². The van der Waals surface area contributed by atoms with Gasteiger partial charge < -0.3 is 10.5 Å². The van der Waals surface area contributed by atoms with E-state index in [9.17, 15) is 4.79 Å². The zero-order valence-electron chi connectivity index (χ0n) is 11.6. The fourth-order valence-corrected chi connectivity index (χ4v) is 1.95. The lowest BCUT2D eigenvalue weighted by Gasteiger charge is -2.08. The number of para-hydroxylation sites is 1. The van der Waals surface area contributed by atoms with Gasteiger partial charge in [-0.3, -0.25) is 0 Å². The summed E-state index contributed by atoms with van der Waals surface area (Å²) in [7, 11) is 0. The van der Waals surface area contributed by atoms with E-state index in [0.29, 0.717) is 29.2 Å². The van der Waals surface area contributed by atoms with Crippen molar-refractivity contribution in [2.45, 2.75) is 6.54 Å². The van der Waals surface area contributed by atoms with Crippen LogP contribution in [0.1, 0.15) is 15.9 Å². The first-order valence-corrected chi connectivity index (χ1v) is 6.62. The second-order valence-electron chi connectivity index (χ2n) is 4.52. The Morgan fingerprint density at radius 1 is 1.14 bits per heavy atom. The standard InChI is InChI=1S/C15H13N5O2/c16-9-10-5-7-11(8-6-10)15(21)22-13-4-2-1-3-12(13)14-17-19-20-18-14/h1-8H,9,16H2,(H,17,18,19,20). The van der Waals surface area contributed by atoms with Crippen LogP contribution in [0.3, 0.4) is 0 Å². The molecule has 0 bridgehead atoms. The highest BCUT2D eigenvalue weighted by Crippen LogP contribution is 2.27. The molecule has 0 aliphatic carbocycles. The van der Waals surface area contributed by atoms with Gasteiger partial charge in [0.05, 0.1) is 11.1 Å². The lowest BCUT2D eigenvalue weighted by molar-refractivity contribution is 0.0735. The fourth-order valence-electron chi connectivity index (χ4n) is 1.95. The van der Waals surface area contributed by atoms with E-state index in [1.54, 1.807) is 48.5 Å². The number of hydrogen-bond acceptors (Lipinski definition) is 6. The number of hydrogen-bond donors (Lipinski definition) is 2. The normalized spacial score (nSPS) is 10.4. The molecule has 0 radical (unpaired) electrons. The second-order valence-corrected chi connectivity index (χ2v) is 4.52. The average Bonchev–Trinajstić information content (AvgIpc) is 3.10. The van der Waals surface area contributed by atoms with E-state index < -0.39 is 5.97 Å². The van der Waals surface area contributed by atoms with Gasteiger partial charge in [0.25, 0.3) is 0 Å². The minimum absolute atomic E-state index is 0.363. The molecule has 0 spiro atoms. The smallest absolute Gasteiger partial charge is 0.343 e. The number of H-pyrrole nitrogens is 1. The Morgan fingerprint density at radius 3 is 2.59 bits per heavy atom. The lowest BCUT2D eigenvalue weighted by atomic mass is 10.1. The summed E-state index contributed by atoms with van der Waals surface area (Å²) >= 11 is 0. The van der Waals surface area contributed by atoms with Crippen LogP contribution in [0.25, 0.3) is 11.4 Å². The van der Waals surface area contributed by atoms with Crippen LogP contribution in [-0.4, -0.2) is 26.6 Å². The third-order valence-corrected chi connectivity index (χ3v) is 3.10. The molecule has 7 heteroatoms. The molecule has 3 N–H and O–H groups in total. The van der Waals surface area contributed by atoms with E-state index in [2.05, 4.69) is 20.6 Å². The lowest BCUT2D eigenvalue weighted by Crippen LogP contribution is -2.09. The number of carbonyl (C=O) groups excluding carboxylic acids is 1. The zero-order chi connectivity index (χ0) is 15.4. The monoisotopic (exact) mass is 295 g/mol. The van der Waals surface area contributed by atoms with Gasteiger partial charge in [-0.25, -0.2) is 4.79 Å². The number of tetrazole rings is 1. The highest BCUT2D eigenvalue weighted by molar-refractivity contribution is 5.92. The molecule has 0 unspecified atom stereocenters. The molecule has 0 aliphatic rings. The molecule has 3 rings (SSSR count). The maximum atomic E-state index is 12.2. The van der Waals surface area contributed by atoms with Crippen LogP contribution in [0.4, 0.5) is 0 Å². The van der Waals surface area contributed by atoms with E-state index in [4.69, 9.17) is 10.5 Å². The van der Waals surface area contributed by atoms with Gasteiger partial charge >= 0.3 is 5.97 Å². The van der Waals surface area contributed by atoms with Gasteiger partial charge in [-0.15, -0.1) is 10.2 Å². The van der Waals surface area contributed by atoms with E-state index in [0.717, 1.165) is 5.56 Å². The highest BCUT2D eigenvalue weighted by atomic mass is 16.5. The van der Waals surface area contributed by atoms with Crippen LogP contribution < -0.4 is 10.5 Å². The first kappa shape index (κ1) is 13.9. The molecule has 110 valence electrons. The Bertz CT molecular complexity index is 769. The zero-order valence-corrected chi connectivity index (χ0v) is 11.6. The van der Waals surface area contributed by atoms with Gasteiger partial charge in [0.2, 0.25) is 5.82 Å². The van der Waals surface area contributed by atoms with Gasteiger partial charge in [0.15, 0.2) is 0 Å². The Labute approximate surface area is 126 Å². The molecule has 0 amide bonds. The van der Waals surface area contributed by atoms with Crippen molar-refractivity contribution in [2.75, 3.05) is 0 Å². The Balaban J connectivity index is 1.85. The predicted octanol–water partition coefficient (Wildman–Crippen LogP) is 1.54. The van der Waals surface area contributed by atoms with Crippen molar-refractivity contribution in [1.82, 2.24) is 20.6 Å². The number of benzene rings is 2. The number of nitrogens with one attached hydrogen (secondary N) is 1. The molecule has 0 aliphatic heterocycles. The molecule has 2 aromatic carbocycles. The van der Waals surface area contributed by atoms with Crippen LogP contribution in [0.5, 0.6) is 5.75 Å². The van der Waals surface area contributed by atoms with E-state index in [1.165, 1.54) is 0 Å². The third kappa shape index (κ3) is 2.84. The summed E-state index contributed by atoms with van der Waals surface area (Å²) < 4.78 is 5.44. The molecule has 0 saturated carbocycles. The minimum atomic E-state index is -0.459. The van der Waals surface area contributed by atoms with Crippen LogP contribution >= 0.6 is 0 Å². The summed E-state index contributed by atoms with van der Waals surface area (Å²) in [4.78, 5) is 12.2. The van der Waals surface area contributed by atoms with Crippen molar-refractivity contribution < 1.29 is 9.53 Å². The number of esters is 1. The predicted molar refractivity (Wildman–Crippen MR) is 78.9 cm³/mol. The molecular formula is C15H13N5O2. The highest BCUT2D eigenvalue weighted by Gasteiger charge is 2.14. The van der Waals surface area contributed by atoms with Crippen molar-refractivity contribution in [3.05, 3.63) is 59.7 Å². The van der Waals surface area contributed by atoms with Crippen molar-refractivity contribution in [3.63, 3.8) is 0 Å². The van der Waals surface area contributed by atoms with Gasteiger partial charge in [0, 0.05) is 6.54 Å². The van der Waals surface area contributed by atoms with E-state index >= 15 is 0 Å². The summed E-state index contributed by atoms with van der Waals surface area (Å²) in [5, 5.41) is 13.7. The van der Waals surface area contributed by atoms with E-state index in [1.807, 2.05) is 0 Å². The summed E-state index contributed by atoms with van der Waals surface area (Å²) in [6.45, 7) is 0.427. The van der Waals surface area contributed by atoms with Crippen LogP contribution in [0.15, 0.2) is 48.5 Å². The summed E-state index contributed by atoms with van der Waals surface area (Å²) in [5.74, 6) is 0.276. The van der Waals surface area contributed by atoms with Crippen molar-refractivity contribution in [1.29, 1.82) is 0 Å². The number of ether oxygens (including phenoxy) is 1. The van der Waals surface area contributed by atoms with Crippen molar-refractivity contribution >= 4 is 5.97 Å². The van der Waals surface area contributed by atoms with Gasteiger partial charge in [0.1, 0.15) is 5.75 Å². The number of nitrogens with zero attached hydrogens (tertiary/aromatic N) is 3. The quantitative estimate of drug-likeness (QED) is 0.558. The van der Waals surface area contributed by atoms with E-state index in [-0.39, 0.29) is 0 Å². The molecule has 0 saturated heterocycles. The van der Waals surface area contributed by atoms with Crippen LogP contribution in [-0.2, 0) is 6.54 Å². The topological polar surface area (TPSA) is 107 Å². The molecule has 1 aromatic heterocycles. The SMILES string of the molecule is NCc1ccc(C(=O)Oc2ccccc2-c2nn[nH]n2)cc1. The van der Waals surface area contributed by atoms with Gasteiger partial charge in [-0.05, 0) is 35.0 Å². The molecule has 3 aromatic rings. The van der Waals surface area contributed by atoms with Gasteiger partial charge in [-0.2, -0.15) is 5.21 Å². The minimum Gasteiger partial charge on any atom is -0.422 e. The molecule has 22 heavy (non-hydrogen) atoms. The maximum Gasteiger partial charge on any atom is 0.343 e. The Kier molecular flexibility index (Phi) is 3.88.